The normalized spacial score (nSPS) is 11.1. The van der Waals surface area contributed by atoms with Crippen molar-refractivity contribution < 1.29 is 5.11 Å². The standard InChI is InChI=1S/C14H19N3O/c1-11(2)17-13(15-16-14(17)10-18)9-8-12-6-4-3-5-7-12/h3-7,11,18H,8-10H2,1-2H3. The Balaban J connectivity index is 2.12. The van der Waals surface area contributed by atoms with E-state index in [0.29, 0.717) is 5.82 Å². The number of aliphatic hydroxyl groups is 1. The highest BCUT2D eigenvalue weighted by molar-refractivity contribution is 5.15. The molecule has 4 heteroatoms. The molecule has 0 saturated carbocycles. The van der Waals surface area contributed by atoms with Crippen LogP contribution in [-0.4, -0.2) is 19.9 Å². The summed E-state index contributed by atoms with van der Waals surface area (Å²) in [7, 11) is 0. The molecule has 96 valence electrons. The molecule has 0 spiro atoms. The fourth-order valence-electron chi connectivity index (χ4n) is 2.14. The maximum absolute atomic E-state index is 9.24. The molecule has 1 heterocycles. The van der Waals surface area contributed by atoms with Gasteiger partial charge in [-0.1, -0.05) is 30.3 Å². The van der Waals surface area contributed by atoms with Crippen molar-refractivity contribution >= 4 is 0 Å². The summed E-state index contributed by atoms with van der Waals surface area (Å²) in [5.41, 5.74) is 1.29. The van der Waals surface area contributed by atoms with E-state index >= 15 is 0 Å². The molecule has 0 atom stereocenters. The average Bonchev–Trinajstić information content (AvgIpc) is 2.80. The first kappa shape index (κ1) is 12.8. The SMILES string of the molecule is CC(C)n1c(CO)nnc1CCc1ccccc1. The van der Waals surface area contributed by atoms with E-state index in [1.165, 1.54) is 5.56 Å². The van der Waals surface area contributed by atoms with Crippen LogP contribution >= 0.6 is 0 Å². The van der Waals surface area contributed by atoms with Gasteiger partial charge in [0, 0.05) is 12.5 Å². The van der Waals surface area contributed by atoms with E-state index in [1.807, 2.05) is 22.8 Å². The zero-order valence-electron chi connectivity index (χ0n) is 10.9. The van der Waals surface area contributed by atoms with Gasteiger partial charge in [-0.3, -0.25) is 0 Å². The van der Waals surface area contributed by atoms with Gasteiger partial charge in [0.15, 0.2) is 5.82 Å². The largest absolute Gasteiger partial charge is 0.388 e. The predicted molar refractivity (Wildman–Crippen MR) is 70.2 cm³/mol. The van der Waals surface area contributed by atoms with Crippen LogP contribution in [0, 0.1) is 0 Å². The highest BCUT2D eigenvalue weighted by Gasteiger charge is 2.13. The van der Waals surface area contributed by atoms with E-state index in [0.717, 1.165) is 18.7 Å². The fraction of sp³-hybridized carbons (Fsp3) is 0.429. The van der Waals surface area contributed by atoms with Gasteiger partial charge >= 0.3 is 0 Å². The summed E-state index contributed by atoms with van der Waals surface area (Å²) >= 11 is 0. The molecule has 0 saturated heterocycles. The van der Waals surface area contributed by atoms with E-state index in [4.69, 9.17) is 0 Å². The summed E-state index contributed by atoms with van der Waals surface area (Å²) in [6, 6.07) is 10.6. The molecule has 0 aliphatic carbocycles. The molecule has 0 unspecified atom stereocenters. The van der Waals surface area contributed by atoms with Gasteiger partial charge in [0.1, 0.15) is 12.4 Å². The Labute approximate surface area is 107 Å². The van der Waals surface area contributed by atoms with Gasteiger partial charge in [-0.2, -0.15) is 0 Å². The van der Waals surface area contributed by atoms with Crippen molar-refractivity contribution in [1.29, 1.82) is 0 Å². The highest BCUT2D eigenvalue weighted by atomic mass is 16.3. The van der Waals surface area contributed by atoms with Crippen molar-refractivity contribution in [3.63, 3.8) is 0 Å². The number of aromatic nitrogens is 3. The molecule has 1 aromatic heterocycles. The lowest BCUT2D eigenvalue weighted by atomic mass is 10.1. The molecule has 0 amide bonds. The third kappa shape index (κ3) is 2.76. The van der Waals surface area contributed by atoms with E-state index in [-0.39, 0.29) is 12.6 Å². The van der Waals surface area contributed by atoms with Gasteiger partial charge in [0.05, 0.1) is 0 Å². The van der Waals surface area contributed by atoms with Gasteiger partial charge in [-0.25, -0.2) is 0 Å². The van der Waals surface area contributed by atoms with Gasteiger partial charge < -0.3 is 9.67 Å². The summed E-state index contributed by atoms with van der Waals surface area (Å²) in [6.07, 6.45) is 1.78. The van der Waals surface area contributed by atoms with Crippen LogP contribution in [0.5, 0.6) is 0 Å². The predicted octanol–water partition coefficient (Wildman–Crippen LogP) is 2.14. The second-order valence-corrected chi connectivity index (χ2v) is 4.64. The Bertz CT molecular complexity index is 491. The molecule has 0 aliphatic heterocycles. The summed E-state index contributed by atoms with van der Waals surface area (Å²) < 4.78 is 2.02. The van der Waals surface area contributed by atoms with E-state index < -0.39 is 0 Å². The molecular weight excluding hydrogens is 226 g/mol. The molecule has 0 radical (unpaired) electrons. The number of hydrogen-bond donors (Lipinski definition) is 1. The lowest BCUT2D eigenvalue weighted by Crippen LogP contribution is -2.11. The van der Waals surface area contributed by atoms with Crippen molar-refractivity contribution in [2.24, 2.45) is 0 Å². The van der Waals surface area contributed by atoms with Crippen LogP contribution in [0.15, 0.2) is 30.3 Å². The maximum Gasteiger partial charge on any atom is 0.159 e. The summed E-state index contributed by atoms with van der Waals surface area (Å²) in [5.74, 6) is 1.59. The van der Waals surface area contributed by atoms with E-state index in [1.54, 1.807) is 0 Å². The number of benzene rings is 1. The van der Waals surface area contributed by atoms with Gasteiger partial charge in [0.2, 0.25) is 0 Å². The van der Waals surface area contributed by atoms with Crippen molar-refractivity contribution in [3.05, 3.63) is 47.5 Å². The highest BCUT2D eigenvalue weighted by Crippen LogP contribution is 2.13. The van der Waals surface area contributed by atoms with Crippen LogP contribution in [0.25, 0.3) is 0 Å². The smallest absolute Gasteiger partial charge is 0.159 e. The quantitative estimate of drug-likeness (QED) is 0.878. The van der Waals surface area contributed by atoms with Crippen LogP contribution in [0.4, 0.5) is 0 Å². The van der Waals surface area contributed by atoms with Crippen molar-refractivity contribution in [1.82, 2.24) is 14.8 Å². The number of hydrogen-bond acceptors (Lipinski definition) is 3. The van der Waals surface area contributed by atoms with E-state index in [2.05, 4.69) is 36.2 Å². The first-order valence-electron chi connectivity index (χ1n) is 6.29. The summed E-state index contributed by atoms with van der Waals surface area (Å²) in [4.78, 5) is 0. The first-order valence-corrected chi connectivity index (χ1v) is 6.29. The molecule has 0 bridgehead atoms. The van der Waals surface area contributed by atoms with Crippen molar-refractivity contribution in [2.75, 3.05) is 0 Å². The zero-order valence-corrected chi connectivity index (χ0v) is 10.9. The summed E-state index contributed by atoms with van der Waals surface area (Å²) in [5, 5.41) is 17.4. The topological polar surface area (TPSA) is 50.9 Å². The minimum atomic E-state index is -0.0590. The molecule has 1 N–H and O–H groups in total. The van der Waals surface area contributed by atoms with Crippen molar-refractivity contribution in [3.8, 4) is 0 Å². The molecule has 1 aromatic carbocycles. The minimum absolute atomic E-state index is 0.0590. The first-order chi connectivity index (χ1) is 8.72. The number of aliphatic hydroxyl groups excluding tert-OH is 1. The van der Waals surface area contributed by atoms with Crippen LogP contribution in [-0.2, 0) is 19.4 Å². The Morgan fingerprint density at radius 3 is 2.33 bits per heavy atom. The van der Waals surface area contributed by atoms with Crippen LogP contribution in [0.3, 0.4) is 0 Å². The van der Waals surface area contributed by atoms with Crippen LogP contribution in [0.1, 0.15) is 37.1 Å². The van der Waals surface area contributed by atoms with Gasteiger partial charge in [0.25, 0.3) is 0 Å². The second-order valence-electron chi connectivity index (χ2n) is 4.64. The molecule has 4 nitrogen and oxygen atoms in total. The van der Waals surface area contributed by atoms with Gasteiger partial charge in [-0.05, 0) is 25.8 Å². The van der Waals surface area contributed by atoms with Crippen LogP contribution in [0.2, 0.25) is 0 Å². The average molecular weight is 245 g/mol. The number of nitrogens with zero attached hydrogens (tertiary/aromatic N) is 3. The monoisotopic (exact) mass is 245 g/mol. The maximum atomic E-state index is 9.24. The minimum Gasteiger partial charge on any atom is -0.388 e. The molecule has 18 heavy (non-hydrogen) atoms. The Morgan fingerprint density at radius 1 is 1.06 bits per heavy atom. The Morgan fingerprint density at radius 2 is 1.72 bits per heavy atom. The molecule has 0 fully saturated rings. The lowest BCUT2D eigenvalue weighted by Gasteiger charge is -2.12. The fourth-order valence-corrected chi connectivity index (χ4v) is 2.14. The molecule has 2 aromatic rings. The second kappa shape index (κ2) is 5.78. The van der Waals surface area contributed by atoms with Crippen molar-refractivity contribution in [2.45, 2.75) is 39.3 Å². The van der Waals surface area contributed by atoms with Gasteiger partial charge in [-0.15, -0.1) is 10.2 Å². The molecule has 2 rings (SSSR count). The lowest BCUT2D eigenvalue weighted by molar-refractivity contribution is 0.261. The van der Waals surface area contributed by atoms with Crippen LogP contribution < -0.4 is 0 Å². The molecule has 0 aliphatic rings. The summed E-state index contributed by atoms with van der Waals surface area (Å²) in [6.45, 7) is 4.10. The Hall–Kier alpha value is -1.68. The molecular formula is C14H19N3O. The Kier molecular flexibility index (Phi) is 4.10. The number of aryl methyl sites for hydroxylation is 2. The zero-order chi connectivity index (χ0) is 13.0. The third-order valence-corrected chi connectivity index (χ3v) is 2.97. The number of rotatable bonds is 5. The van der Waals surface area contributed by atoms with E-state index in [9.17, 15) is 5.11 Å². The third-order valence-electron chi connectivity index (χ3n) is 2.97.